The van der Waals surface area contributed by atoms with Gasteiger partial charge in [-0.05, 0) is 66.6 Å². The quantitative estimate of drug-likeness (QED) is 0.169. The molecule has 0 bridgehead atoms. The Morgan fingerprint density at radius 1 is 1.00 bits per heavy atom. The van der Waals surface area contributed by atoms with E-state index in [4.69, 9.17) is 10.6 Å². The average molecular weight is 563 g/mol. The lowest BCUT2D eigenvalue weighted by Gasteiger charge is -2.28. The highest BCUT2D eigenvalue weighted by Gasteiger charge is 2.23. The molecule has 3 aromatic rings. The topological polar surface area (TPSA) is 87.9 Å². The minimum absolute atomic E-state index is 0.0457. The van der Waals surface area contributed by atoms with Gasteiger partial charge in [0.25, 0.3) is 5.91 Å². The molecule has 8 heteroatoms. The summed E-state index contributed by atoms with van der Waals surface area (Å²) in [5, 5.41) is 4.17. The lowest BCUT2D eigenvalue weighted by molar-refractivity contribution is -0.118. The van der Waals surface area contributed by atoms with E-state index in [-0.39, 0.29) is 17.7 Å². The first kappa shape index (κ1) is 26.8. The van der Waals surface area contributed by atoms with Crippen molar-refractivity contribution in [3.63, 3.8) is 0 Å². The van der Waals surface area contributed by atoms with Gasteiger partial charge in [0.15, 0.2) is 0 Å². The molecule has 0 aliphatic carbocycles. The molecule has 3 N–H and O–H groups in total. The number of carbonyl (C=O) groups excluding carboxylic acids is 2. The van der Waals surface area contributed by atoms with Crippen molar-refractivity contribution in [2.24, 2.45) is 5.84 Å². The van der Waals surface area contributed by atoms with Crippen molar-refractivity contribution in [2.75, 3.05) is 43.2 Å². The molecule has 0 saturated carbocycles. The van der Waals surface area contributed by atoms with E-state index in [0.717, 1.165) is 59.1 Å². The van der Waals surface area contributed by atoms with Crippen LogP contribution in [-0.4, -0.2) is 49.6 Å². The number of amides is 2. The number of hydrogen-bond acceptors (Lipinski definition) is 5. The first-order valence-electron chi connectivity index (χ1n) is 12.3. The molecule has 4 rings (SSSR count). The zero-order valence-corrected chi connectivity index (χ0v) is 22.1. The number of ether oxygens (including phenoxy) is 1. The summed E-state index contributed by atoms with van der Waals surface area (Å²) in [6, 6.07) is 24.4. The van der Waals surface area contributed by atoms with Crippen LogP contribution in [0.1, 0.15) is 23.5 Å². The Balaban J connectivity index is 1.45. The van der Waals surface area contributed by atoms with Gasteiger partial charge < -0.3 is 10.1 Å². The van der Waals surface area contributed by atoms with E-state index in [1.807, 2.05) is 66.7 Å². The SMILES string of the molecule is NN(C(=O)C=Cc1ccc(C(CCN2CCOCC2)C(=O)Nc2ccc(Br)cc2)cc1)c1ccccc1. The van der Waals surface area contributed by atoms with Gasteiger partial charge in [0.2, 0.25) is 5.91 Å². The van der Waals surface area contributed by atoms with Gasteiger partial charge in [-0.15, -0.1) is 0 Å². The van der Waals surface area contributed by atoms with E-state index >= 15 is 0 Å². The highest BCUT2D eigenvalue weighted by molar-refractivity contribution is 9.10. The molecular weight excluding hydrogens is 532 g/mol. The highest BCUT2D eigenvalue weighted by atomic mass is 79.9. The maximum Gasteiger partial charge on any atom is 0.265 e. The first-order chi connectivity index (χ1) is 18.0. The van der Waals surface area contributed by atoms with E-state index in [0.29, 0.717) is 12.1 Å². The molecule has 3 aromatic carbocycles. The molecule has 1 fully saturated rings. The molecule has 2 amide bonds. The molecule has 0 radical (unpaired) electrons. The summed E-state index contributed by atoms with van der Waals surface area (Å²) in [6.45, 7) is 4.00. The molecule has 1 saturated heterocycles. The van der Waals surface area contributed by atoms with Crippen molar-refractivity contribution in [2.45, 2.75) is 12.3 Å². The number of benzene rings is 3. The summed E-state index contributed by atoms with van der Waals surface area (Å²) in [6.07, 6.45) is 3.85. The summed E-state index contributed by atoms with van der Waals surface area (Å²) >= 11 is 3.43. The summed E-state index contributed by atoms with van der Waals surface area (Å²) in [5.41, 5.74) is 3.15. The molecule has 1 aliphatic rings. The van der Waals surface area contributed by atoms with Crippen LogP contribution >= 0.6 is 15.9 Å². The van der Waals surface area contributed by atoms with Crippen LogP contribution in [0.2, 0.25) is 0 Å². The zero-order chi connectivity index (χ0) is 26.0. The summed E-state index contributed by atoms with van der Waals surface area (Å²) in [5.74, 6) is 5.25. The van der Waals surface area contributed by atoms with E-state index in [2.05, 4.69) is 26.1 Å². The molecule has 1 atom stereocenters. The molecule has 192 valence electrons. The van der Waals surface area contributed by atoms with Crippen LogP contribution in [0.15, 0.2) is 89.4 Å². The van der Waals surface area contributed by atoms with Crippen molar-refractivity contribution < 1.29 is 14.3 Å². The second kappa shape index (κ2) is 13.3. The van der Waals surface area contributed by atoms with E-state index in [1.165, 1.54) is 6.08 Å². The molecule has 1 heterocycles. The number of para-hydroxylation sites is 1. The van der Waals surface area contributed by atoms with Gasteiger partial charge in [-0.2, -0.15) is 0 Å². The van der Waals surface area contributed by atoms with Crippen molar-refractivity contribution >= 4 is 45.2 Å². The maximum atomic E-state index is 13.3. The molecular formula is C29H31BrN4O3. The minimum atomic E-state index is -0.326. The predicted molar refractivity (Wildman–Crippen MR) is 151 cm³/mol. The lowest BCUT2D eigenvalue weighted by atomic mass is 9.93. The van der Waals surface area contributed by atoms with Crippen molar-refractivity contribution in [3.05, 3.63) is 101 Å². The van der Waals surface area contributed by atoms with Gasteiger partial charge in [0.1, 0.15) is 0 Å². The number of anilines is 2. The van der Waals surface area contributed by atoms with Crippen molar-refractivity contribution in [3.8, 4) is 0 Å². The Morgan fingerprint density at radius 3 is 2.35 bits per heavy atom. The predicted octanol–water partition coefficient (Wildman–Crippen LogP) is 4.81. The minimum Gasteiger partial charge on any atom is -0.379 e. The normalized spacial score (nSPS) is 14.9. The number of halogens is 1. The Labute approximate surface area is 226 Å². The van der Waals surface area contributed by atoms with Gasteiger partial charge in [-0.3, -0.25) is 14.5 Å². The van der Waals surface area contributed by atoms with Gasteiger partial charge in [0, 0.05) is 29.3 Å². The second-order valence-electron chi connectivity index (χ2n) is 8.84. The molecule has 7 nitrogen and oxygen atoms in total. The van der Waals surface area contributed by atoms with Crippen LogP contribution in [0.4, 0.5) is 11.4 Å². The molecule has 1 unspecified atom stereocenters. The fraction of sp³-hybridized carbons (Fsp3) is 0.241. The van der Waals surface area contributed by atoms with Crippen molar-refractivity contribution in [1.29, 1.82) is 0 Å². The Hall–Kier alpha value is -3.30. The van der Waals surface area contributed by atoms with Crippen LogP contribution in [0, 0.1) is 0 Å². The second-order valence-corrected chi connectivity index (χ2v) is 9.75. The summed E-state index contributed by atoms with van der Waals surface area (Å²) < 4.78 is 6.41. The monoisotopic (exact) mass is 562 g/mol. The Bertz CT molecular complexity index is 1190. The zero-order valence-electron chi connectivity index (χ0n) is 20.6. The fourth-order valence-corrected chi connectivity index (χ4v) is 4.42. The number of nitrogens with zero attached hydrogens (tertiary/aromatic N) is 2. The van der Waals surface area contributed by atoms with Crippen LogP contribution in [-0.2, 0) is 14.3 Å². The third kappa shape index (κ3) is 7.84. The summed E-state index contributed by atoms with van der Waals surface area (Å²) in [7, 11) is 0. The first-order valence-corrected chi connectivity index (χ1v) is 13.1. The van der Waals surface area contributed by atoms with E-state index < -0.39 is 0 Å². The van der Waals surface area contributed by atoms with E-state index in [1.54, 1.807) is 18.2 Å². The molecule has 0 aromatic heterocycles. The number of hydrogen-bond donors (Lipinski definition) is 2. The highest BCUT2D eigenvalue weighted by Crippen LogP contribution is 2.24. The van der Waals surface area contributed by atoms with Gasteiger partial charge >= 0.3 is 0 Å². The number of carbonyl (C=O) groups is 2. The Kier molecular flexibility index (Phi) is 9.62. The number of hydrazine groups is 1. The van der Waals surface area contributed by atoms with Crippen LogP contribution < -0.4 is 16.2 Å². The van der Waals surface area contributed by atoms with Gasteiger partial charge in [-0.25, -0.2) is 10.9 Å². The third-order valence-electron chi connectivity index (χ3n) is 6.29. The third-order valence-corrected chi connectivity index (χ3v) is 6.82. The van der Waals surface area contributed by atoms with E-state index in [9.17, 15) is 9.59 Å². The number of morpholine rings is 1. The number of nitrogens with two attached hydrogens (primary N) is 1. The lowest BCUT2D eigenvalue weighted by Crippen LogP contribution is -2.38. The van der Waals surface area contributed by atoms with Gasteiger partial charge in [-0.1, -0.05) is 58.4 Å². The Morgan fingerprint density at radius 2 is 1.68 bits per heavy atom. The maximum absolute atomic E-state index is 13.3. The standard InChI is InChI=1S/C29H31BrN4O3/c30-24-11-13-25(14-12-24)32-29(36)27(16-17-33-18-20-37-21-19-33)23-9-6-22(7-10-23)8-15-28(35)34(31)26-4-2-1-3-5-26/h1-15,27H,16-21,31H2,(H,32,36). The van der Waals surface area contributed by atoms with Gasteiger partial charge in [0.05, 0.1) is 24.8 Å². The molecule has 0 spiro atoms. The smallest absolute Gasteiger partial charge is 0.265 e. The largest absolute Gasteiger partial charge is 0.379 e. The average Bonchev–Trinajstić information content (AvgIpc) is 2.94. The fourth-order valence-electron chi connectivity index (χ4n) is 4.15. The molecule has 37 heavy (non-hydrogen) atoms. The number of nitrogens with one attached hydrogen (secondary N) is 1. The summed E-state index contributed by atoms with van der Waals surface area (Å²) in [4.78, 5) is 28.1. The van der Waals surface area contributed by atoms with Crippen molar-refractivity contribution in [1.82, 2.24) is 4.90 Å². The number of rotatable bonds is 9. The molecule has 1 aliphatic heterocycles. The van der Waals surface area contributed by atoms with Crippen LogP contribution in [0.3, 0.4) is 0 Å². The van der Waals surface area contributed by atoms with Crippen LogP contribution in [0.5, 0.6) is 0 Å². The van der Waals surface area contributed by atoms with Crippen LogP contribution in [0.25, 0.3) is 6.08 Å².